The van der Waals surface area contributed by atoms with Crippen LogP contribution in [-0.2, 0) is 4.79 Å². The zero-order chi connectivity index (χ0) is 21.6. The van der Waals surface area contributed by atoms with Gasteiger partial charge in [-0.2, -0.15) is 13.2 Å². The molecule has 0 unspecified atom stereocenters. The zero-order valence-electron chi connectivity index (χ0n) is 15.5. The number of hydrogen-bond donors (Lipinski definition) is 2. The molecule has 29 heavy (non-hydrogen) atoms. The number of carbonyl (C=O) groups is 1. The second-order valence-electron chi connectivity index (χ2n) is 6.47. The number of aliphatic carboxylic acids is 1. The van der Waals surface area contributed by atoms with Crippen LogP contribution >= 0.6 is 11.8 Å². The van der Waals surface area contributed by atoms with Gasteiger partial charge in [0, 0.05) is 9.79 Å². The number of piperidine rings is 1. The normalized spacial score (nSPS) is 14.8. The summed E-state index contributed by atoms with van der Waals surface area (Å²) in [5, 5.41) is 10.5. The SMILES string of the molecule is Cc1c(F)cccc1Sc1cc(F)ccc1C1CCNCC1.O=C(O)C(F)(F)F. The van der Waals surface area contributed by atoms with E-state index in [4.69, 9.17) is 9.90 Å². The molecule has 1 heterocycles. The maximum atomic E-state index is 13.7. The van der Waals surface area contributed by atoms with Crippen LogP contribution in [0.5, 0.6) is 0 Å². The summed E-state index contributed by atoms with van der Waals surface area (Å²) in [5.41, 5.74) is 1.80. The largest absolute Gasteiger partial charge is 0.490 e. The maximum Gasteiger partial charge on any atom is 0.490 e. The summed E-state index contributed by atoms with van der Waals surface area (Å²) in [7, 11) is 0. The number of carboxylic acids is 1. The molecule has 1 saturated heterocycles. The Bertz CT molecular complexity index is 851. The molecule has 0 bridgehead atoms. The monoisotopic (exact) mass is 433 g/mol. The highest BCUT2D eigenvalue weighted by molar-refractivity contribution is 7.99. The molecule has 1 aliphatic heterocycles. The van der Waals surface area contributed by atoms with Crippen molar-refractivity contribution in [3.63, 3.8) is 0 Å². The molecule has 0 aromatic heterocycles. The summed E-state index contributed by atoms with van der Waals surface area (Å²) in [6, 6.07) is 10.0. The molecule has 3 nitrogen and oxygen atoms in total. The van der Waals surface area contributed by atoms with Crippen molar-refractivity contribution in [3.05, 3.63) is 59.2 Å². The van der Waals surface area contributed by atoms with Crippen molar-refractivity contribution in [2.45, 2.75) is 41.7 Å². The van der Waals surface area contributed by atoms with Crippen LogP contribution in [0.2, 0.25) is 0 Å². The number of hydrogen-bond acceptors (Lipinski definition) is 3. The van der Waals surface area contributed by atoms with Crippen molar-refractivity contribution in [2.24, 2.45) is 0 Å². The minimum absolute atomic E-state index is 0.218. The van der Waals surface area contributed by atoms with Gasteiger partial charge in [-0.3, -0.25) is 0 Å². The van der Waals surface area contributed by atoms with Crippen LogP contribution in [-0.4, -0.2) is 30.3 Å². The summed E-state index contributed by atoms with van der Waals surface area (Å²) in [6.45, 7) is 3.75. The van der Waals surface area contributed by atoms with Crippen LogP contribution < -0.4 is 5.32 Å². The van der Waals surface area contributed by atoms with E-state index in [9.17, 15) is 22.0 Å². The molecule has 0 atom stereocenters. The van der Waals surface area contributed by atoms with Gasteiger partial charge in [0.15, 0.2) is 0 Å². The van der Waals surface area contributed by atoms with Gasteiger partial charge in [-0.15, -0.1) is 0 Å². The Morgan fingerprint density at radius 3 is 2.31 bits per heavy atom. The molecule has 1 fully saturated rings. The highest BCUT2D eigenvalue weighted by Gasteiger charge is 2.38. The number of alkyl halides is 3. The number of rotatable bonds is 3. The zero-order valence-corrected chi connectivity index (χ0v) is 16.3. The highest BCUT2D eigenvalue weighted by atomic mass is 32.2. The standard InChI is InChI=1S/C18H19F2NS.C2HF3O2/c1-12-16(20)3-2-4-17(12)22-18-11-14(19)5-6-15(18)13-7-9-21-10-8-13;3-2(4,5)1(6)7/h2-6,11,13,21H,7-10H2,1H3;(H,6,7). The first-order chi connectivity index (χ1) is 13.6. The fourth-order valence-corrected chi connectivity index (χ4v) is 4.04. The molecule has 9 heteroatoms. The average Bonchev–Trinajstić information content (AvgIpc) is 2.66. The topological polar surface area (TPSA) is 49.3 Å². The molecular weight excluding hydrogens is 413 g/mol. The third kappa shape index (κ3) is 6.71. The van der Waals surface area contributed by atoms with E-state index in [1.54, 1.807) is 19.1 Å². The molecule has 0 amide bonds. The lowest BCUT2D eigenvalue weighted by atomic mass is 9.90. The lowest BCUT2D eigenvalue weighted by molar-refractivity contribution is -0.192. The van der Waals surface area contributed by atoms with E-state index < -0.39 is 12.1 Å². The fraction of sp³-hybridized carbons (Fsp3) is 0.350. The van der Waals surface area contributed by atoms with Gasteiger partial charge in [-0.05, 0) is 74.2 Å². The van der Waals surface area contributed by atoms with Crippen LogP contribution in [0.3, 0.4) is 0 Å². The van der Waals surface area contributed by atoms with E-state index in [0.717, 1.165) is 35.7 Å². The van der Waals surface area contributed by atoms with Crippen molar-refractivity contribution in [2.75, 3.05) is 13.1 Å². The smallest absolute Gasteiger partial charge is 0.475 e. The van der Waals surface area contributed by atoms with Gasteiger partial charge in [0.05, 0.1) is 0 Å². The molecule has 1 aliphatic rings. The van der Waals surface area contributed by atoms with E-state index >= 15 is 0 Å². The molecule has 2 aromatic carbocycles. The molecule has 2 N–H and O–H groups in total. The van der Waals surface area contributed by atoms with Gasteiger partial charge in [0.25, 0.3) is 0 Å². The number of halogens is 5. The second-order valence-corrected chi connectivity index (χ2v) is 7.56. The summed E-state index contributed by atoms with van der Waals surface area (Å²) in [5.74, 6) is -2.77. The minimum Gasteiger partial charge on any atom is -0.475 e. The van der Waals surface area contributed by atoms with Gasteiger partial charge in [0.2, 0.25) is 0 Å². The average molecular weight is 433 g/mol. The Morgan fingerprint density at radius 2 is 1.72 bits per heavy atom. The van der Waals surface area contributed by atoms with Crippen molar-refractivity contribution >= 4 is 17.7 Å². The third-order valence-corrected chi connectivity index (χ3v) is 5.67. The van der Waals surface area contributed by atoms with E-state index in [1.165, 1.54) is 29.5 Å². The lowest BCUT2D eigenvalue weighted by Gasteiger charge is -2.25. The van der Waals surface area contributed by atoms with Crippen LogP contribution in [0.4, 0.5) is 22.0 Å². The first kappa shape index (κ1) is 23.2. The van der Waals surface area contributed by atoms with Crippen molar-refractivity contribution in [1.82, 2.24) is 5.32 Å². The summed E-state index contributed by atoms with van der Waals surface area (Å²) < 4.78 is 59.2. The molecule has 0 radical (unpaired) electrons. The predicted molar refractivity (Wildman–Crippen MR) is 100 cm³/mol. The summed E-state index contributed by atoms with van der Waals surface area (Å²) >= 11 is 1.46. The van der Waals surface area contributed by atoms with Crippen LogP contribution in [0, 0.1) is 18.6 Å². The summed E-state index contributed by atoms with van der Waals surface area (Å²) in [6.07, 6.45) is -2.97. The number of nitrogens with one attached hydrogen (secondary N) is 1. The second kappa shape index (κ2) is 10.1. The Kier molecular flexibility index (Phi) is 8.04. The molecular formula is C20H20F5NO2S. The van der Waals surface area contributed by atoms with Gasteiger partial charge in [-0.25, -0.2) is 13.6 Å². The Morgan fingerprint density at radius 1 is 1.10 bits per heavy atom. The van der Waals surface area contributed by atoms with E-state index in [1.807, 2.05) is 12.1 Å². The Balaban J connectivity index is 0.000000370. The van der Waals surface area contributed by atoms with E-state index in [2.05, 4.69) is 5.32 Å². The first-order valence-corrected chi connectivity index (χ1v) is 9.64. The molecule has 0 spiro atoms. The maximum absolute atomic E-state index is 13.7. The van der Waals surface area contributed by atoms with E-state index in [0.29, 0.717) is 11.5 Å². The summed E-state index contributed by atoms with van der Waals surface area (Å²) in [4.78, 5) is 10.6. The van der Waals surface area contributed by atoms with Gasteiger partial charge < -0.3 is 10.4 Å². The van der Waals surface area contributed by atoms with Crippen LogP contribution in [0.25, 0.3) is 0 Å². The molecule has 0 saturated carbocycles. The molecule has 3 rings (SSSR count). The Labute approximate surface area is 169 Å². The number of carboxylic acid groups (broad SMARTS) is 1. The third-order valence-electron chi connectivity index (χ3n) is 4.43. The highest BCUT2D eigenvalue weighted by Crippen LogP contribution is 2.39. The fourth-order valence-electron chi connectivity index (χ4n) is 2.88. The Hall–Kier alpha value is -2.13. The first-order valence-electron chi connectivity index (χ1n) is 8.83. The molecule has 0 aliphatic carbocycles. The van der Waals surface area contributed by atoms with Crippen LogP contribution in [0.1, 0.15) is 29.9 Å². The van der Waals surface area contributed by atoms with E-state index in [-0.39, 0.29) is 11.6 Å². The molecule has 2 aromatic rings. The quantitative estimate of drug-likeness (QED) is 0.626. The van der Waals surface area contributed by atoms with Crippen LogP contribution in [0.15, 0.2) is 46.2 Å². The number of benzene rings is 2. The predicted octanol–water partition coefficient (Wildman–Crippen LogP) is 5.52. The molecule has 158 valence electrons. The van der Waals surface area contributed by atoms with Gasteiger partial charge >= 0.3 is 12.1 Å². The van der Waals surface area contributed by atoms with Gasteiger partial charge in [0.1, 0.15) is 11.6 Å². The van der Waals surface area contributed by atoms with Crippen molar-refractivity contribution in [1.29, 1.82) is 0 Å². The minimum atomic E-state index is -5.08. The lowest BCUT2D eigenvalue weighted by Crippen LogP contribution is -2.26. The van der Waals surface area contributed by atoms with Crippen molar-refractivity contribution < 1.29 is 31.9 Å². The van der Waals surface area contributed by atoms with Gasteiger partial charge in [-0.1, -0.05) is 23.9 Å². The van der Waals surface area contributed by atoms with Crippen molar-refractivity contribution in [3.8, 4) is 0 Å².